The molecule has 0 aromatic carbocycles. The Hall–Kier alpha value is -2.02. The Kier molecular flexibility index (Phi) is 3.24. The van der Waals surface area contributed by atoms with Gasteiger partial charge in [0, 0.05) is 13.2 Å². The summed E-state index contributed by atoms with van der Waals surface area (Å²) in [6, 6.07) is 0. The van der Waals surface area contributed by atoms with Gasteiger partial charge in [0.15, 0.2) is 10.8 Å². The van der Waals surface area contributed by atoms with Crippen LogP contribution in [0.15, 0.2) is 34.9 Å². The number of rotatable bonds is 3. The average Bonchev–Trinajstić information content (AvgIpc) is 2.62. The first-order valence-corrected chi connectivity index (χ1v) is 6.40. The maximum absolute atomic E-state index is 12.0. The van der Waals surface area contributed by atoms with Crippen molar-refractivity contribution in [1.29, 1.82) is 0 Å². The molecule has 2 N–H and O–H groups in total. The van der Waals surface area contributed by atoms with Gasteiger partial charge in [-0.25, -0.2) is 19.3 Å². The first kappa shape index (κ1) is 12.4. The van der Waals surface area contributed by atoms with Crippen LogP contribution in [-0.4, -0.2) is 25.6 Å². The molecule has 2 aromatic rings. The number of hydrogen-bond donors (Lipinski definition) is 1. The van der Waals surface area contributed by atoms with Gasteiger partial charge in [-0.1, -0.05) is 24.4 Å². The molecule has 0 atom stereocenters. The van der Waals surface area contributed by atoms with Crippen molar-refractivity contribution in [3.8, 4) is 0 Å². The molecule has 2 rings (SSSR count). The van der Waals surface area contributed by atoms with Gasteiger partial charge in [-0.3, -0.25) is 4.79 Å². The predicted molar refractivity (Wildman–Crippen MR) is 73.2 cm³/mol. The largest absolute Gasteiger partial charge is 0.384 e. The Labute approximate surface area is 108 Å². The lowest BCUT2D eigenvalue weighted by atomic mass is 10.4. The van der Waals surface area contributed by atoms with E-state index in [4.69, 9.17) is 5.73 Å². The van der Waals surface area contributed by atoms with Crippen LogP contribution in [0, 0.1) is 0 Å². The summed E-state index contributed by atoms with van der Waals surface area (Å²) in [4.78, 5) is 20.4. The second-order valence-corrected chi connectivity index (χ2v) is 4.34. The van der Waals surface area contributed by atoms with E-state index in [0.29, 0.717) is 22.0 Å². The minimum absolute atomic E-state index is 0.182. The van der Waals surface area contributed by atoms with Crippen LogP contribution < -0.4 is 11.3 Å². The molecule has 0 aliphatic heterocycles. The van der Waals surface area contributed by atoms with E-state index < -0.39 is 0 Å². The van der Waals surface area contributed by atoms with Gasteiger partial charge in [0.25, 0.3) is 5.56 Å². The van der Waals surface area contributed by atoms with Crippen LogP contribution in [0.2, 0.25) is 0 Å². The maximum Gasteiger partial charge on any atom is 0.277 e. The number of nitrogens with zero attached hydrogens (tertiary/aromatic N) is 4. The molecular formula is C11H13N5OS. The SMILES string of the molecule is C=C/C=C(\N)n1c2nc(SC)ncc2c(=O)n1C. The highest BCUT2D eigenvalue weighted by Gasteiger charge is 2.14. The lowest BCUT2D eigenvalue weighted by molar-refractivity contribution is 0.655. The zero-order valence-electron chi connectivity index (χ0n) is 10.1. The van der Waals surface area contributed by atoms with E-state index in [9.17, 15) is 4.79 Å². The second-order valence-electron chi connectivity index (χ2n) is 3.56. The fraction of sp³-hybridized carbons (Fsp3) is 0.182. The van der Waals surface area contributed by atoms with Gasteiger partial charge in [0.2, 0.25) is 0 Å². The summed E-state index contributed by atoms with van der Waals surface area (Å²) in [6.45, 7) is 3.58. The number of nitrogens with two attached hydrogens (primary N) is 1. The molecule has 94 valence electrons. The van der Waals surface area contributed by atoms with Crippen molar-refractivity contribution in [2.45, 2.75) is 5.16 Å². The summed E-state index contributed by atoms with van der Waals surface area (Å²) < 4.78 is 2.94. The van der Waals surface area contributed by atoms with E-state index in [-0.39, 0.29) is 5.56 Å². The highest BCUT2D eigenvalue weighted by molar-refractivity contribution is 7.98. The standard InChI is InChI=1S/C11H13N5OS/c1-4-5-8(12)16-9-7(10(17)15(16)2)6-13-11(14-9)18-3/h4-6H,1,12H2,2-3H3/b8-5+. The predicted octanol–water partition coefficient (Wildman–Crippen LogP) is 0.795. The molecule has 2 aromatic heterocycles. The van der Waals surface area contributed by atoms with E-state index >= 15 is 0 Å². The molecule has 2 heterocycles. The first-order valence-electron chi connectivity index (χ1n) is 5.17. The van der Waals surface area contributed by atoms with Gasteiger partial charge in [-0.05, 0) is 12.3 Å². The quantitative estimate of drug-likeness (QED) is 0.503. The second kappa shape index (κ2) is 4.69. The molecule has 0 fully saturated rings. The maximum atomic E-state index is 12.0. The Morgan fingerprint density at radius 2 is 2.33 bits per heavy atom. The van der Waals surface area contributed by atoms with Crippen molar-refractivity contribution in [1.82, 2.24) is 19.3 Å². The van der Waals surface area contributed by atoms with Crippen molar-refractivity contribution in [3.05, 3.63) is 35.3 Å². The smallest absolute Gasteiger partial charge is 0.277 e. The zero-order chi connectivity index (χ0) is 13.3. The summed E-state index contributed by atoms with van der Waals surface area (Å²) in [6.07, 6.45) is 6.56. The molecule has 18 heavy (non-hydrogen) atoms. The van der Waals surface area contributed by atoms with E-state index in [1.807, 2.05) is 6.26 Å². The van der Waals surface area contributed by atoms with Crippen molar-refractivity contribution in [3.63, 3.8) is 0 Å². The van der Waals surface area contributed by atoms with Crippen molar-refractivity contribution in [2.75, 3.05) is 6.26 Å². The Morgan fingerprint density at radius 3 is 2.94 bits per heavy atom. The molecule has 0 amide bonds. The topological polar surface area (TPSA) is 78.7 Å². The van der Waals surface area contributed by atoms with Crippen LogP contribution in [0.3, 0.4) is 0 Å². The van der Waals surface area contributed by atoms with Gasteiger partial charge < -0.3 is 5.73 Å². The molecule has 0 saturated carbocycles. The monoisotopic (exact) mass is 263 g/mol. The molecule has 7 heteroatoms. The highest BCUT2D eigenvalue weighted by Crippen LogP contribution is 2.14. The zero-order valence-corrected chi connectivity index (χ0v) is 10.9. The summed E-state index contributed by atoms with van der Waals surface area (Å²) in [5, 5.41) is 1.03. The third kappa shape index (κ3) is 1.82. The molecular weight excluding hydrogens is 250 g/mol. The highest BCUT2D eigenvalue weighted by atomic mass is 32.2. The van der Waals surface area contributed by atoms with E-state index in [0.717, 1.165) is 0 Å². The molecule has 0 aliphatic rings. The first-order chi connectivity index (χ1) is 8.60. The van der Waals surface area contributed by atoms with Crippen LogP contribution in [0.1, 0.15) is 0 Å². The molecule has 6 nitrogen and oxygen atoms in total. The lowest BCUT2D eigenvalue weighted by Crippen LogP contribution is -2.21. The van der Waals surface area contributed by atoms with Crippen molar-refractivity contribution < 1.29 is 0 Å². The number of hydrogen-bond acceptors (Lipinski definition) is 5. The molecule has 0 bridgehead atoms. The van der Waals surface area contributed by atoms with Gasteiger partial charge in [0.05, 0.1) is 0 Å². The van der Waals surface area contributed by atoms with Gasteiger partial charge in [-0.2, -0.15) is 0 Å². The third-order valence-corrected chi connectivity index (χ3v) is 3.05. The lowest BCUT2D eigenvalue weighted by Gasteiger charge is -2.07. The summed E-state index contributed by atoms with van der Waals surface area (Å²) in [5.41, 5.74) is 6.22. The minimum Gasteiger partial charge on any atom is -0.384 e. The van der Waals surface area contributed by atoms with Crippen LogP contribution in [-0.2, 0) is 7.05 Å². The van der Waals surface area contributed by atoms with E-state index in [1.165, 1.54) is 22.6 Å². The molecule has 0 aliphatic carbocycles. The van der Waals surface area contributed by atoms with Crippen LogP contribution in [0.5, 0.6) is 0 Å². The van der Waals surface area contributed by atoms with Crippen LogP contribution in [0.4, 0.5) is 0 Å². The van der Waals surface area contributed by atoms with Gasteiger partial charge in [-0.15, -0.1) is 0 Å². The van der Waals surface area contributed by atoms with E-state index in [2.05, 4.69) is 16.5 Å². The minimum atomic E-state index is -0.182. The number of thioether (sulfide) groups is 1. The molecule has 0 unspecified atom stereocenters. The van der Waals surface area contributed by atoms with Gasteiger partial charge in [0.1, 0.15) is 11.2 Å². The summed E-state index contributed by atoms with van der Waals surface area (Å²) >= 11 is 1.41. The summed E-state index contributed by atoms with van der Waals surface area (Å²) in [7, 11) is 1.63. The average molecular weight is 263 g/mol. The van der Waals surface area contributed by atoms with Crippen LogP contribution in [0.25, 0.3) is 16.9 Å². The van der Waals surface area contributed by atoms with Crippen LogP contribution >= 0.6 is 11.8 Å². The number of fused-ring (bicyclic) bond motifs is 1. The molecule has 0 spiro atoms. The Morgan fingerprint density at radius 1 is 1.61 bits per heavy atom. The van der Waals surface area contributed by atoms with Gasteiger partial charge >= 0.3 is 0 Å². The molecule has 0 saturated heterocycles. The fourth-order valence-electron chi connectivity index (χ4n) is 1.66. The Balaban J connectivity index is 2.86. The molecule has 0 radical (unpaired) electrons. The Bertz CT molecular complexity index is 697. The fourth-order valence-corrected chi connectivity index (χ4v) is 2.00. The normalized spacial score (nSPS) is 12.0. The number of allylic oxidation sites excluding steroid dienone is 2. The van der Waals surface area contributed by atoms with Crippen molar-refractivity contribution in [2.24, 2.45) is 12.8 Å². The third-order valence-electron chi connectivity index (χ3n) is 2.49. The summed E-state index contributed by atoms with van der Waals surface area (Å²) in [5.74, 6) is 0.380. The van der Waals surface area contributed by atoms with E-state index in [1.54, 1.807) is 23.9 Å². The van der Waals surface area contributed by atoms with Crippen molar-refractivity contribution >= 4 is 28.6 Å². The number of aromatic nitrogens is 4.